The molecule has 3 heterocycles. The van der Waals surface area contributed by atoms with E-state index in [-0.39, 0.29) is 22.2 Å². The molecule has 0 unspecified atom stereocenters. The number of morpholine rings is 1. The van der Waals surface area contributed by atoms with Crippen molar-refractivity contribution in [2.45, 2.75) is 0 Å². The number of fused-ring (bicyclic) bond motifs is 2. The monoisotopic (exact) mass is 556 g/mol. The summed E-state index contributed by atoms with van der Waals surface area (Å²) in [5, 5.41) is 1.57. The number of pyridine rings is 1. The Morgan fingerprint density at radius 2 is 1.65 bits per heavy atom. The Kier molecular flexibility index (Phi) is 6.62. The zero-order valence-electron chi connectivity index (χ0n) is 20.8. The molecule has 1 saturated heterocycles. The topological polar surface area (TPSA) is 66.9 Å². The molecule has 206 valence electrons. The van der Waals surface area contributed by atoms with E-state index < -0.39 is 46.1 Å². The number of aromatic nitrogens is 1. The van der Waals surface area contributed by atoms with Crippen LogP contribution in [0.25, 0.3) is 22.0 Å². The van der Waals surface area contributed by atoms with Crippen LogP contribution in [0, 0.1) is 29.1 Å². The highest BCUT2D eigenvalue weighted by molar-refractivity contribution is 6.10. The van der Waals surface area contributed by atoms with Crippen molar-refractivity contribution in [1.82, 2.24) is 10.4 Å². The Balaban J connectivity index is 1.53. The van der Waals surface area contributed by atoms with Gasteiger partial charge in [0.2, 0.25) is 0 Å². The molecular formula is C28H21F5N4O3. The molecule has 0 bridgehead atoms. The molecule has 0 saturated carbocycles. The highest BCUT2D eigenvalue weighted by Crippen LogP contribution is 2.40. The maximum Gasteiger partial charge on any atom is 0.273 e. The van der Waals surface area contributed by atoms with Gasteiger partial charge in [0, 0.05) is 36.3 Å². The molecule has 7 nitrogen and oxygen atoms in total. The van der Waals surface area contributed by atoms with E-state index in [1.165, 1.54) is 0 Å². The normalized spacial score (nSPS) is 15.1. The number of hydrazine groups is 1. The van der Waals surface area contributed by atoms with Crippen molar-refractivity contribution in [3.63, 3.8) is 0 Å². The number of carbonyl (C=O) groups excluding carboxylic acids is 1. The summed E-state index contributed by atoms with van der Waals surface area (Å²) in [5.41, 5.74) is 1.82. The van der Waals surface area contributed by atoms with Crippen LogP contribution in [-0.2, 0) is 4.74 Å². The minimum absolute atomic E-state index is 0.0289. The second-order valence-electron chi connectivity index (χ2n) is 9.22. The molecule has 0 spiro atoms. The Bertz CT molecular complexity index is 1640. The first-order valence-corrected chi connectivity index (χ1v) is 12.4. The number of hydrogen-bond acceptors (Lipinski definition) is 6. The van der Waals surface area contributed by atoms with Gasteiger partial charge in [-0.3, -0.25) is 20.2 Å². The van der Waals surface area contributed by atoms with Gasteiger partial charge in [0.1, 0.15) is 18.2 Å². The van der Waals surface area contributed by atoms with Crippen molar-refractivity contribution >= 4 is 28.2 Å². The van der Waals surface area contributed by atoms with E-state index in [9.17, 15) is 18.0 Å². The molecule has 6 rings (SSSR count). The van der Waals surface area contributed by atoms with E-state index in [1.807, 2.05) is 0 Å². The van der Waals surface area contributed by atoms with Crippen molar-refractivity contribution < 1.29 is 36.2 Å². The Morgan fingerprint density at radius 1 is 0.900 bits per heavy atom. The van der Waals surface area contributed by atoms with Crippen molar-refractivity contribution in [1.29, 1.82) is 0 Å². The van der Waals surface area contributed by atoms with Gasteiger partial charge in [0.25, 0.3) is 5.91 Å². The molecule has 3 aromatic carbocycles. The highest BCUT2D eigenvalue weighted by Gasteiger charge is 2.29. The van der Waals surface area contributed by atoms with E-state index in [0.717, 1.165) is 12.3 Å². The van der Waals surface area contributed by atoms with Crippen LogP contribution < -0.4 is 20.1 Å². The Hall–Kier alpha value is -4.45. The molecule has 1 aromatic heterocycles. The number of nitrogens with one attached hydrogen (secondary N) is 1. The first-order valence-electron chi connectivity index (χ1n) is 12.4. The van der Waals surface area contributed by atoms with Crippen molar-refractivity contribution in [2.75, 3.05) is 49.4 Å². The van der Waals surface area contributed by atoms with Crippen LogP contribution in [0.2, 0.25) is 0 Å². The first-order chi connectivity index (χ1) is 19.3. The second-order valence-corrected chi connectivity index (χ2v) is 9.22. The number of para-hydroxylation sites is 2. The number of hydrogen-bond donors (Lipinski definition) is 1. The molecule has 40 heavy (non-hydrogen) atoms. The summed E-state index contributed by atoms with van der Waals surface area (Å²) < 4.78 is 84.2. The predicted molar refractivity (Wildman–Crippen MR) is 137 cm³/mol. The summed E-state index contributed by atoms with van der Waals surface area (Å²) in [6.45, 7) is 1.84. The van der Waals surface area contributed by atoms with Crippen LogP contribution in [0.5, 0.6) is 5.75 Å². The second kappa shape index (κ2) is 10.3. The maximum atomic E-state index is 15.2. The molecule has 1 fully saturated rings. The molecule has 2 aliphatic heterocycles. The molecular weight excluding hydrogens is 535 g/mol. The summed E-state index contributed by atoms with van der Waals surface area (Å²) in [7, 11) is 0. The van der Waals surface area contributed by atoms with Crippen LogP contribution in [0.15, 0.2) is 48.7 Å². The van der Waals surface area contributed by atoms with Crippen LogP contribution >= 0.6 is 0 Å². The maximum absolute atomic E-state index is 15.2. The lowest BCUT2D eigenvalue weighted by atomic mass is 9.97. The number of carbonyl (C=O) groups is 1. The van der Waals surface area contributed by atoms with Crippen molar-refractivity contribution in [2.24, 2.45) is 0 Å². The summed E-state index contributed by atoms with van der Waals surface area (Å²) in [5.74, 6) is -7.26. The standard InChI is InChI=1S/C28H21F5N4O3/c29-15-11-16(24(32)19(30)12-15)23-25(33)20(31)13-17-26(23)34-14-18(27(17)36-5-8-39-9-6-36)28(38)35-37-7-10-40-22-4-2-1-3-21(22)37/h1-4,11-14H,5-10H2,(H,35,38). The quantitative estimate of drug-likeness (QED) is 0.283. The highest BCUT2D eigenvalue weighted by atomic mass is 19.2. The molecule has 0 aliphatic carbocycles. The van der Waals surface area contributed by atoms with E-state index in [1.54, 1.807) is 34.2 Å². The van der Waals surface area contributed by atoms with Gasteiger partial charge in [-0.05, 0) is 24.3 Å². The summed E-state index contributed by atoms with van der Waals surface area (Å²) in [6, 6.07) is 8.84. The number of halogens is 5. The van der Waals surface area contributed by atoms with Crippen LogP contribution in [0.1, 0.15) is 10.4 Å². The lowest BCUT2D eigenvalue weighted by Gasteiger charge is -2.33. The lowest BCUT2D eigenvalue weighted by Crippen LogP contribution is -2.47. The number of anilines is 2. The van der Waals surface area contributed by atoms with Gasteiger partial charge >= 0.3 is 0 Å². The van der Waals surface area contributed by atoms with Gasteiger partial charge in [0.15, 0.2) is 23.3 Å². The fourth-order valence-corrected chi connectivity index (χ4v) is 5.01. The number of benzene rings is 3. The fourth-order valence-electron chi connectivity index (χ4n) is 5.01. The smallest absolute Gasteiger partial charge is 0.273 e. The third kappa shape index (κ3) is 4.43. The third-order valence-electron chi connectivity index (χ3n) is 6.82. The molecule has 0 atom stereocenters. The number of amides is 1. The molecule has 2 aliphatic rings. The Morgan fingerprint density at radius 3 is 2.45 bits per heavy atom. The minimum atomic E-state index is -1.57. The van der Waals surface area contributed by atoms with E-state index in [4.69, 9.17) is 9.47 Å². The van der Waals surface area contributed by atoms with E-state index in [0.29, 0.717) is 63.0 Å². The SMILES string of the molecule is O=C(NN1CCOc2ccccc21)c1cnc2c(-c3cc(F)cc(F)c3F)c(F)c(F)cc2c1N1CCOCC1. The summed E-state index contributed by atoms with van der Waals surface area (Å²) in [4.78, 5) is 19.6. The van der Waals surface area contributed by atoms with Crippen LogP contribution in [-0.4, -0.2) is 50.3 Å². The molecule has 0 radical (unpaired) electrons. The van der Waals surface area contributed by atoms with Crippen LogP contribution in [0.4, 0.5) is 33.3 Å². The number of nitrogens with zero attached hydrogens (tertiary/aromatic N) is 3. The molecule has 12 heteroatoms. The number of rotatable bonds is 4. The van der Waals surface area contributed by atoms with Gasteiger partial charge in [-0.2, -0.15) is 0 Å². The molecule has 1 amide bonds. The van der Waals surface area contributed by atoms with E-state index >= 15 is 8.78 Å². The van der Waals surface area contributed by atoms with Gasteiger partial charge in [0.05, 0.1) is 47.8 Å². The zero-order valence-corrected chi connectivity index (χ0v) is 20.8. The summed E-state index contributed by atoms with van der Waals surface area (Å²) in [6.07, 6.45) is 1.16. The van der Waals surface area contributed by atoms with Crippen molar-refractivity contribution in [3.05, 3.63) is 83.3 Å². The zero-order chi connectivity index (χ0) is 28.0. The Labute approximate surface area is 224 Å². The van der Waals surface area contributed by atoms with Gasteiger partial charge in [-0.15, -0.1) is 0 Å². The average Bonchev–Trinajstić information content (AvgIpc) is 2.96. The predicted octanol–water partition coefficient (Wildman–Crippen LogP) is 4.98. The van der Waals surface area contributed by atoms with Gasteiger partial charge in [-0.25, -0.2) is 22.0 Å². The third-order valence-corrected chi connectivity index (χ3v) is 6.82. The molecule has 4 aromatic rings. The lowest BCUT2D eigenvalue weighted by molar-refractivity contribution is 0.0943. The largest absolute Gasteiger partial charge is 0.489 e. The number of ether oxygens (including phenoxy) is 2. The van der Waals surface area contributed by atoms with Gasteiger partial charge in [-0.1, -0.05) is 12.1 Å². The van der Waals surface area contributed by atoms with E-state index in [2.05, 4.69) is 10.4 Å². The fraction of sp³-hybridized carbons (Fsp3) is 0.214. The van der Waals surface area contributed by atoms with Crippen molar-refractivity contribution in [3.8, 4) is 16.9 Å². The van der Waals surface area contributed by atoms with Gasteiger partial charge < -0.3 is 14.4 Å². The first kappa shape index (κ1) is 25.8. The molecule has 1 N–H and O–H groups in total. The summed E-state index contributed by atoms with van der Waals surface area (Å²) >= 11 is 0. The van der Waals surface area contributed by atoms with Crippen LogP contribution in [0.3, 0.4) is 0 Å². The minimum Gasteiger partial charge on any atom is -0.489 e. The average molecular weight is 556 g/mol.